The van der Waals surface area contributed by atoms with Crippen LogP contribution in [0.2, 0.25) is 5.02 Å². The molecular weight excluding hydrogens is 365 g/mol. The normalized spacial score (nSPS) is 31.2. The Labute approximate surface area is 155 Å². The molecule has 2 bridgehead atoms. The van der Waals surface area contributed by atoms with Crippen LogP contribution in [-0.2, 0) is 4.79 Å². The van der Waals surface area contributed by atoms with Crippen LogP contribution in [0.1, 0.15) is 32.1 Å². The first kappa shape index (κ1) is 17.0. The molecule has 6 heteroatoms. The van der Waals surface area contributed by atoms with Crippen molar-refractivity contribution >= 4 is 46.7 Å². The molecule has 1 amide bonds. The van der Waals surface area contributed by atoms with Crippen LogP contribution in [0, 0.1) is 23.6 Å². The molecule has 0 radical (unpaired) electrons. The highest BCUT2D eigenvalue weighted by Gasteiger charge is 2.55. The predicted octanol–water partition coefficient (Wildman–Crippen LogP) is 5.42. The number of anilines is 1. The molecular formula is C18H21ClFNOS2. The number of nitrogens with one attached hydrogen (secondary N) is 1. The van der Waals surface area contributed by atoms with Gasteiger partial charge >= 0.3 is 0 Å². The predicted molar refractivity (Wildman–Crippen MR) is 101 cm³/mol. The van der Waals surface area contributed by atoms with Crippen molar-refractivity contribution in [1.29, 1.82) is 0 Å². The third-order valence-corrected chi connectivity index (χ3v) is 9.99. The fourth-order valence-corrected chi connectivity index (χ4v) is 8.76. The molecule has 3 fully saturated rings. The Morgan fingerprint density at radius 1 is 1.21 bits per heavy atom. The standard InChI is InChI=1S/C18H21ClFNOS2/c19-15-10-14(4-5-16(15)20)21-17(22)11-8-12-2-1-3-13(9-11)18(12)23-6-7-24-18/h4-5,10-13H,1-3,6-9H2,(H,21,22)/t11?,12-,13+. The van der Waals surface area contributed by atoms with Gasteiger partial charge in [0.1, 0.15) is 5.82 Å². The topological polar surface area (TPSA) is 29.1 Å². The highest BCUT2D eigenvalue weighted by atomic mass is 35.5. The number of benzene rings is 1. The lowest BCUT2D eigenvalue weighted by Crippen LogP contribution is -2.48. The third-order valence-electron chi connectivity index (χ3n) is 5.68. The van der Waals surface area contributed by atoms with E-state index in [0.717, 1.165) is 12.8 Å². The van der Waals surface area contributed by atoms with Gasteiger partial charge in [-0.05, 0) is 55.7 Å². The highest BCUT2D eigenvalue weighted by Crippen LogP contribution is 2.64. The summed E-state index contributed by atoms with van der Waals surface area (Å²) in [6.45, 7) is 0. The zero-order valence-corrected chi connectivity index (χ0v) is 15.8. The second-order valence-corrected chi connectivity index (χ2v) is 10.4. The van der Waals surface area contributed by atoms with Gasteiger partial charge in [0.25, 0.3) is 0 Å². The van der Waals surface area contributed by atoms with Crippen molar-refractivity contribution in [3.63, 3.8) is 0 Å². The summed E-state index contributed by atoms with van der Waals surface area (Å²) in [5.74, 6) is 3.48. The molecule has 130 valence electrons. The zero-order valence-electron chi connectivity index (χ0n) is 13.4. The lowest BCUT2D eigenvalue weighted by atomic mass is 9.67. The molecule has 1 aliphatic heterocycles. The molecule has 2 saturated carbocycles. The van der Waals surface area contributed by atoms with Crippen molar-refractivity contribution < 1.29 is 9.18 Å². The monoisotopic (exact) mass is 385 g/mol. The number of rotatable bonds is 2. The largest absolute Gasteiger partial charge is 0.326 e. The number of carbonyl (C=O) groups is 1. The quantitative estimate of drug-likeness (QED) is 0.736. The zero-order chi connectivity index (χ0) is 16.7. The average molecular weight is 386 g/mol. The van der Waals surface area contributed by atoms with Crippen LogP contribution in [0.25, 0.3) is 0 Å². The van der Waals surface area contributed by atoms with Gasteiger partial charge in [-0.1, -0.05) is 18.0 Å². The van der Waals surface area contributed by atoms with Gasteiger partial charge in [0, 0.05) is 23.1 Å². The minimum absolute atomic E-state index is 0.0472. The molecule has 2 nitrogen and oxygen atoms in total. The van der Waals surface area contributed by atoms with Crippen molar-refractivity contribution in [1.82, 2.24) is 0 Å². The van der Waals surface area contributed by atoms with Crippen molar-refractivity contribution in [3.05, 3.63) is 29.0 Å². The van der Waals surface area contributed by atoms with Crippen LogP contribution in [0.4, 0.5) is 10.1 Å². The summed E-state index contributed by atoms with van der Waals surface area (Å²) in [6, 6.07) is 4.36. The Morgan fingerprint density at radius 3 is 2.50 bits per heavy atom. The average Bonchev–Trinajstić information content (AvgIpc) is 3.00. The van der Waals surface area contributed by atoms with Gasteiger partial charge in [0.15, 0.2) is 0 Å². The van der Waals surface area contributed by atoms with Crippen molar-refractivity contribution in [2.24, 2.45) is 17.8 Å². The number of thioether (sulfide) groups is 2. The van der Waals surface area contributed by atoms with E-state index >= 15 is 0 Å². The first-order chi connectivity index (χ1) is 11.6. The summed E-state index contributed by atoms with van der Waals surface area (Å²) in [5.41, 5.74) is 0.585. The van der Waals surface area contributed by atoms with E-state index in [9.17, 15) is 9.18 Å². The van der Waals surface area contributed by atoms with E-state index in [1.807, 2.05) is 0 Å². The first-order valence-electron chi connectivity index (χ1n) is 8.62. The molecule has 1 saturated heterocycles. The fraction of sp³-hybridized carbons (Fsp3) is 0.611. The molecule has 3 aliphatic rings. The summed E-state index contributed by atoms with van der Waals surface area (Å²) in [6.07, 6.45) is 5.78. The Morgan fingerprint density at radius 2 is 1.88 bits per heavy atom. The third kappa shape index (κ3) is 2.97. The molecule has 1 aromatic rings. The van der Waals surface area contributed by atoms with E-state index in [1.165, 1.54) is 42.9 Å². The van der Waals surface area contributed by atoms with Crippen LogP contribution in [0.3, 0.4) is 0 Å². The van der Waals surface area contributed by atoms with Gasteiger partial charge in [0.05, 0.1) is 9.10 Å². The molecule has 0 aromatic heterocycles. The lowest BCUT2D eigenvalue weighted by molar-refractivity contribution is -0.122. The number of hydrogen-bond acceptors (Lipinski definition) is 3. The smallest absolute Gasteiger partial charge is 0.227 e. The summed E-state index contributed by atoms with van der Waals surface area (Å²) in [5, 5.41) is 2.99. The van der Waals surface area contributed by atoms with E-state index in [-0.39, 0.29) is 16.8 Å². The molecule has 3 atom stereocenters. The van der Waals surface area contributed by atoms with Crippen molar-refractivity contribution in [2.45, 2.75) is 36.2 Å². The van der Waals surface area contributed by atoms with Crippen LogP contribution in [0.15, 0.2) is 18.2 Å². The molecule has 4 rings (SSSR count). The van der Waals surface area contributed by atoms with Gasteiger partial charge in [-0.25, -0.2) is 4.39 Å². The number of halogens is 2. The maximum absolute atomic E-state index is 13.3. The molecule has 1 unspecified atom stereocenters. The van der Waals surface area contributed by atoms with Gasteiger partial charge in [-0.3, -0.25) is 4.79 Å². The first-order valence-corrected chi connectivity index (χ1v) is 11.0. The van der Waals surface area contributed by atoms with Crippen molar-refractivity contribution in [3.8, 4) is 0 Å². The van der Waals surface area contributed by atoms with Crippen LogP contribution in [0.5, 0.6) is 0 Å². The van der Waals surface area contributed by atoms with Crippen LogP contribution in [-0.4, -0.2) is 21.5 Å². The van der Waals surface area contributed by atoms with E-state index in [4.69, 9.17) is 11.6 Å². The van der Waals surface area contributed by atoms with E-state index in [0.29, 0.717) is 21.6 Å². The summed E-state index contributed by atoms with van der Waals surface area (Å²) >= 11 is 10.1. The lowest BCUT2D eigenvalue weighted by Gasteiger charge is -2.52. The second-order valence-electron chi connectivity index (χ2n) is 7.03. The van der Waals surface area contributed by atoms with E-state index < -0.39 is 5.82 Å². The van der Waals surface area contributed by atoms with Gasteiger partial charge in [-0.2, -0.15) is 0 Å². The van der Waals surface area contributed by atoms with Crippen LogP contribution >= 0.6 is 35.1 Å². The van der Waals surface area contributed by atoms with E-state index in [2.05, 4.69) is 28.8 Å². The molecule has 1 N–H and O–H groups in total. The Bertz CT molecular complexity index is 634. The molecule has 1 heterocycles. The SMILES string of the molecule is O=C(Nc1ccc(F)c(Cl)c1)C1C[C@H]2CCC[C@@H](C1)C21SCCS1. The highest BCUT2D eigenvalue weighted by molar-refractivity contribution is 8.21. The Balaban J connectivity index is 1.47. The van der Waals surface area contributed by atoms with Crippen molar-refractivity contribution in [2.75, 3.05) is 16.8 Å². The maximum atomic E-state index is 13.3. The molecule has 2 aliphatic carbocycles. The maximum Gasteiger partial charge on any atom is 0.227 e. The Hall–Kier alpha value is -0.390. The number of carbonyl (C=O) groups excluding carboxylic acids is 1. The summed E-state index contributed by atoms with van der Waals surface area (Å²) in [4.78, 5) is 12.7. The molecule has 24 heavy (non-hydrogen) atoms. The number of amides is 1. The van der Waals surface area contributed by atoms with E-state index in [1.54, 1.807) is 6.07 Å². The number of hydrogen-bond donors (Lipinski definition) is 1. The van der Waals surface area contributed by atoms with Gasteiger partial charge < -0.3 is 5.32 Å². The van der Waals surface area contributed by atoms with Gasteiger partial charge in [-0.15, -0.1) is 23.5 Å². The van der Waals surface area contributed by atoms with Crippen LogP contribution < -0.4 is 5.32 Å². The summed E-state index contributed by atoms with van der Waals surface area (Å²) in [7, 11) is 0. The molecule has 1 spiro atoms. The Kier molecular flexibility index (Phi) is 4.78. The summed E-state index contributed by atoms with van der Waals surface area (Å²) < 4.78 is 13.6. The molecule has 1 aromatic carbocycles. The fourth-order valence-electron chi connectivity index (χ4n) is 4.64. The van der Waals surface area contributed by atoms with Gasteiger partial charge in [0.2, 0.25) is 5.91 Å². The second kappa shape index (κ2) is 6.73. The minimum Gasteiger partial charge on any atom is -0.326 e. The minimum atomic E-state index is -0.459.